The molecular formula is C29H36N8OS. The number of carbonyl (C=O) groups excluding carboxylic acids is 1. The molecule has 1 atom stereocenters. The van der Waals surface area contributed by atoms with Gasteiger partial charge in [0, 0.05) is 42.2 Å². The maximum Gasteiger partial charge on any atom is 0.178 e. The van der Waals surface area contributed by atoms with Crippen molar-refractivity contribution in [3.05, 3.63) is 57.4 Å². The van der Waals surface area contributed by atoms with E-state index >= 15 is 0 Å². The SMILES string of the molecule is CC(C)(C)c1csc(C=O)n1.CNc1ccc(C)c(C#Cc2nn(CC3CCN(C)C3)c3ncnc(N)c23)c1. The zero-order chi connectivity index (χ0) is 28.2. The minimum absolute atomic E-state index is 0.0533. The molecular weight excluding hydrogens is 508 g/mol. The molecule has 0 aliphatic carbocycles. The molecule has 9 nitrogen and oxygen atoms in total. The minimum Gasteiger partial charge on any atom is -0.388 e. The number of nitrogens with zero attached hydrogens (tertiary/aromatic N) is 6. The standard InChI is InChI=1S/C21H25N7.C8H11NOS/c1-14-4-6-17(23-2)10-16(14)5-7-18-19-20(22)24-13-25-21(19)28(26-18)12-15-8-9-27(3)11-15;1-8(2,3)6-5-11-7(4-10)9-6/h4,6,10,13,15,23H,8-9,11-12H2,1-3H3,(H2,22,24,25);4-5H,1-3H3. The largest absolute Gasteiger partial charge is 0.388 e. The topological polar surface area (TPSA) is 115 Å². The Hall–Kier alpha value is -3.81. The number of aryl methyl sites for hydroxylation is 1. The number of rotatable bonds is 4. The molecule has 0 bridgehead atoms. The highest BCUT2D eigenvalue weighted by Gasteiger charge is 2.23. The normalized spacial score (nSPS) is 15.4. The van der Waals surface area contributed by atoms with Crippen molar-refractivity contribution in [3.8, 4) is 11.8 Å². The van der Waals surface area contributed by atoms with Crippen LogP contribution in [0.5, 0.6) is 0 Å². The predicted molar refractivity (Wildman–Crippen MR) is 158 cm³/mol. The molecule has 1 saturated heterocycles. The van der Waals surface area contributed by atoms with Crippen LogP contribution in [0.1, 0.15) is 59.5 Å². The van der Waals surface area contributed by atoms with Crippen LogP contribution in [-0.2, 0) is 12.0 Å². The Morgan fingerprint density at radius 2 is 2.05 bits per heavy atom. The molecule has 4 heterocycles. The lowest BCUT2D eigenvalue weighted by molar-refractivity contribution is 0.112. The smallest absolute Gasteiger partial charge is 0.178 e. The zero-order valence-corrected chi connectivity index (χ0v) is 24.3. The van der Waals surface area contributed by atoms with Gasteiger partial charge in [0.15, 0.2) is 16.9 Å². The number of hydrogen-bond donors (Lipinski definition) is 2. The minimum atomic E-state index is 0.0533. The lowest BCUT2D eigenvalue weighted by Crippen LogP contribution is -2.17. The number of aromatic nitrogens is 5. The maximum absolute atomic E-state index is 10.3. The van der Waals surface area contributed by atoms with Crippen molar-refractivity contribution < 1.29 is 4.79 Å². The van der Waals surface area contributed by atoms with Gasteiger partial charge in [0.25, 0.3) is 0 Å². The summed E-state index contributed by atoms with van der Waals surface area (Å²) in [5.74, 6) is 7.44. The number of benzene rings is 1. The number of likely N-dealkylation sites (tertiary alicyclic amines) is 1. The summed E-state index contributed by atoms with van der Waals surface area (Å²) in [5.41, 5.74) is 11.7. The molecule has 0 radical (unpaired) electrons. The van der Waals surface area contributed by atoms with Crippen LogP contribution in [-0.4, -0.2) is 63.1 Å². The fraction of sp³-hybridized carbons (Fsp3) is 0.414. The van der Waals surface area contributed by atoms with Gasteiger partial charge in [0.1, 0.15) is 17.8 Å². The van der Waals surface area contributed by atoms with Gasteiger partial charge < -0.3 is 16.0 Å². The molecule has 1 fully saturated rings. The average Bonchev–Trinajstić information content (AvgIpc) is 3.63. The molecule has 39 heavy (non-hydrogen) atoms. The van der Waals surface area contributed by atoms with E-state index in [9.17, 15) is 4.79 Å². The van der Waals surface area contributed by atoms with E-state index in [-0.39, 0.29) is 5.41 Å². The predicted octanol–water partition coefficient (Wildman–Crippen LogP) is 4.36. The van der Waals surface area contributed by atoms with Gasteiger partial charge in [-0.25, -0.2) is 19.6 Å². The van der Waals surface area contributed by atoms with Crippen LogP contribution < -0.4 is 11.1 Å². The van der Waals surface area contributed by atoms with Crippen LogP contribution in [0.4, 0.5) is 11.5 Å². The van der Waals surface area contributed by atoms with Crippen LogP contribution in [0, 0.1) is 24.7 Å². The number of nitrogen functional groups attached to an aromatic ring is 1. The van der Waals surface area contributed by atoms with E-state index in [4.69, 9.17) is 10.8 Å². The second-order valence-corrected chi connectivity index (χ2v) is 11.8. The third-order valence-corrected chi connectivity index (χ3v) is 7.48. The molecule has 5 rings (SSSR count). The summed E-state index contributed by atoms with van der Waals surface area (Å²) >= 11 is 1.40. The van der Waals surface area contributed by atoms with Crippen LogP contribution >= 0.6 is 11.3 Å². The van der Waals surface area contributed by atoms with E-state index in [1.165, 1.54) is 17.7 Å². The molecule has 4 aromatic rings. The van der Waals surface area contributed by atoms with Gasteiger partial charge in [-0.15, -0.1) is 11.3 Å². The van der Waals surface area contributed by atoms with Crippen LogP contribution in [0.2, 0.25) is 0 Å². The number of carbonyl (C=O) groups is 1. The van der Waals surface area contributed by atoms with Gasteiger partial charge in [-0.1, -0.05) is 32.8 Å². The van der Waals surface area contributed by atoms with Gasteiger partial charge in [0.05, 0.1) is 11.1 Å². The highest BCUT2D eigenvalue weighted by Crippen LogP contribution is 2.25. The molecule has 1 unspecified atom stereocenters. The van der Waals surface area contributed by atoms with Gasteiger partial charge >= 0.3 is 0 Å². The number of nitrogens with one attached hydrogen (secondary N) is 1. The van der Waals surface area contributed by atoms with Crippen LogP contribution in [0.25, 0.3) is 11.0 Å². The van der Waals surface area contributed by atoms with Crippen molar-refractivity contribution in [2.75, 3.05) is 38.2 Å². The summed E-state index contributed by atoms with van der Waals surface area (Å²) in [5, 5.41) is 11.1. The lowest BCUT2D eigenvalue weighted by Gasteiger charge is -2.13. The van der Waals surface area contributed by atoms with Crippen molar-refractivity contribution in [2.45, 2.75) is 46.1 Å². The Kier molecular flexibility index (Phi) is 8.63. The maximum atomic E-state index is 10.3. The summed E-state index contributed by atoms with van der Waals surface area (Å²) in [4.78, 5) is 25.4. The Bertz CT molecular complexity index is 1520. The first-order valence-electron chi connectivity index (χ1n) is 13.0. The first kappa shape index (κ1) is 28.2. The Morgan fingerprint density at radius 3 is 2.67 bits per heavy atom. The third kappa shape index (κ3) is 6.80. The zero-order valence-electron chi connectivity index (χ0n) is 23.4. The van der Waals surface area contributed by atoms with Crippen LogP contribution in [0.15, 0.2) is 29.9 Å². The highest BCUT2D eigenvalue weighted by molar-refractivity contribution is 7.11. The van der Waals surface area contributed by atoms with E-state index in [0.29, 0.717) is 22.4 Å². The van der Waals surface area contributed by atoms with Crippen molar-refractivity contribution in [2.24, 2.45) is 5.92 Å². The number of anilines is 2. The van der Waals surface area contributed by atoms with Gasteiger partial charge in [-0.3, -0.25) is 4.79 Å². The highest BCUT2D eigenvalue weighted by atomic mass is 32.1. The van der Waals surface area contributed by atoms with E-state index in [1.54, 1.807) is 0 Å². The Labute approximate surface area is 233 Å². The second kappa shape index (κ2) is 11.9. The summed E-state index contributed by atoms with van der Waals surface area (Å²) in [6.07, 6.45) is 3.45. The molecule has 3 N–H and O–H groups in total. The van der Waals surface area contributed by atoms with Crippen molar-refractivity contribution in [1.29, 1.82) is 0 Å². The number of thiazole rings is 1. The molecule has 0 spiro atoms. The molecule has 10 heteroatoms. The molecule has 1 aromatic carbocycles. The second-order valence-electron chi connectivity index (χ2n) is 10.9. The number of hydrogen-bond acceptors (Lipinski definition) is 9. The van der Waals surface area contributed by atoms with Crippen molar-refractivity contribution >= 4 is 40.2 Å². The third-order valence-electron chi connectivity index (χ3n) is 6.71. The Balaban J connectivity index is 0.000000270. The number of fused-ring (bicyclic) bond motifs is 1. The molecule has 0 amide bonds. The van der Waals surface area contributed by atoms with E-state index in [2.05, 4.69) is 70.9 Å². The summed E-state index contributed by atoms with van der Waals surface area (Å²) in [7, 11) is 4.05. The molecule has 1 aliphatic heterocycles. The summed E-state index contributed by atoms with van der Waals surface area (Å²) in [6, 6.07) is 6.13. The molecule has 0 saturated carbocycles. The Morgan fingerprint density at radius 1 is 1.26 bits per heavy atom. The first-order chi connectivity index (χ1) is 18.6. The quantitative estimate of drug-likeness (QED) is 0.288. The monoisotopic (exact) mass is 544 g/mol. The van der Waals surface area contributed by atoms with Crippen LogP contribution in [0.3, 0.4) is 0 Å². The number of nitrogens with two attached hydrogens (primary N) is 1. The van der Waals surface area contributed by atoms with Gasteiger partial charge in [-0.2, -0.15) is 5.10 Å². The fourth-order valence-electron chi connectivity index (χ4n) is 4.39. The lowest BCUT2D eigenvalue weighted by atomic mass is 9.93. The van der Waals surface area contributed by atoms with Gasteiger partial charge in [0.2, 0.25) is 0 Å². The molecule has 1 aliphatic rings. The molecule has 204 valence electrons. The van der Waals surface area contributed by atoms with E-state index in [0.717, 1.165) is 65.9 Å². The average molecular weight is 545 g/mol. The van der Waals surface area contributed by atoms with E-state index in [1.807, 2.05) is 36.2 Å². The first-order valence-corrected chi connectivity index (χ1v) is 13.8. The number of aldehydes is 1. The summed E-state index contributed by atoms with van der Waals surface area (Å²) in [6.45, 7) is 11.3. The summed E-state index contributed by atoms with van der Waals surface area (Å²) < 4.78 is 1.94. The van der Waals surface area contributed by atoms with Crippen molar-refractivity contribution in [1.82, 2.24) is 29.6 Å². The fourth-order valence-corrected chi connectivity index (χ4v) is 5.24. The van der Waals surface area contributed by atoms with Gasteiger partial charge in [-0.05, 0) is 56.5 Å². The van der Waals surface area contributed by atoms with Crippen molar-refractivity contribution in [3.63, 3.8) is 0 Å². The van der Waals surface area contributed by atoms with E-state index < -0.39 is 0 Å². The molecule has 3 aromatic heterocycles.